The van der Waals surface area contributed by atoms with Crippen molar-refractivity contribution in [2.75, 3.05) is 19.8 Å². The van der Waals surface area contributed by atoms with Crippen molar-refractivity contribution in [3.05, 3.63) is 120 Å². The van der Waals surface area contributed by atoms with Gasteiger partial charge < -0.3 is 50.3 Å². The number of carbonyl (C=O) groups excluding carboxylic acids is 4. The van der Waals surface area contributed by atoms with Crippen molar-refractivity contribution in [2.45, 2.75) is 121 Å². The third-order valence-electron chi connectivity index (χ3n) is 11.8. The molecule has 356 valence electrons. The molecule has 0 saturated heterocycles. The van der Waals surface area contributed by atoms with Crippen molar-refractivity contribution in [3.63, 3.8) is 0 Å². The number of nitrogens with one attached hydrogen (secondary N) is 3. The van der Waals surface area contributed by atoms with E-state index in [-0.39, 0.29) is 32.0 Å². The summed E-state index contributed by atoms with van der Waals surface area (Å²) in [6.45, 7) is 13.8. The average Bonchev–Trinajstić information content (AvgIpc) is 3.60. The molecule has 14 nitrogen and oxygen atoms in total. The third kappa shape index (κ3) is 12.7. The zero-order chi connectivity index (χ0) is 48.4. The highest BCUT2D eigenvalue weighted by molar-refractivity contribution is 6.99. The van der Waals surface area contributed by atoms with E-state index in [0.29, 0.717) is 0 Å². The average molecular weight is 926 g/mol. The van der Waals surface area contributed by atoms with Crippen LogP contribution in [0.4, 0.5) is 4.79 Å². The maximum absolute atomic E-state index is 13.7. The fourth-order valence-corrected chi connectivity index (χ4v) is 13.0. The molecule has 1 aliphatic rings. The van der Waals surface area contributed by atoms with Crippen molar-refractivity contribution in [1.82, 2.24) is 16.0 Å². The molecule has 0 heterocycles. The van der Waals surface area contributed by atoms with E-state index in [1.54, 1.807) is 34.6 Å². The molecule has 0 aliphatic heterocycles. The zero-order valence-corrected chi connectivity index (χ0v) is 40.2. The second-order valence-corrected chi connectivity index (χ2v) is 23.5. The number of benzene rings is 4. The summed E-state index contributed by atoms with van der Waals surface area (Å²) >= 11 is 0. The fraction of sp³-hybridized carbons (Fsp3) is 0.451. The van der Waals surface area contributed by atoms with Gasteiger partial charge in [0.15, 0.2) is 0 Å². The first-order chi connectivity index (χ1) is 31.1. The minimum Gasteiger partial charge on any atom is -0.458 e. The van der Waals surface area contributed by atoms with Gasteiger partial charge in [0.05, 0.1) is 12.7 Å². The Balaban J connectivity index is 1.16. The van der Waals surface area contributed by atoms with E-state index in [9.17, 15) is 39.6 Å². The molecule has 0 bridgehead atoms. The summed E-state index contributed by atoms with van der Waals surface area (Å²) in [6, 6.07) is 32.8. The first-order valence-corrected chi connectivity index (χ1v) is 24.4. The molecule has 4 aromatic carbocycles. The van der Waals surface area contributed by atoms with Gasteiger partial charge in [0, 0.05) is 18.9 Å². The van der Waals surface area contributed by atoms with Gasteiger partial charge >= 0.3 is 12.1 Å². The summed E-state index contributed by atoms with van der Waals surface area (Å²) in [7, 11) is -3.10. The lowest BCUT2D eigenvalue weighted by Crippen LogP contribution is -2.67. The molecule has 4 aromatic rings. The Labute approximate surface area is 389 Å². The van der Waals surface area contributed by atoms with Crippen LogP contribution in [0.3, 0.4) is 0 Å². The molecule has 6 unspecified atom stereocenters. The van der Waals surface area contributed by atoms with Gasteiger partial charge in [-0.05, 0) is 70.8 Å². The van der Waals surface area contributed by atoms with E-state index in [1.165, 1.54) is 0 Å². The lowest BCUT2D eigenvalue weighted by Gasteiger charge is -2.43. The maximum Gasteiger partial charge on any atom is 0.407 e. The molecule has 7 N–H and O–H groups in total. The van der Waals surface area contributed by atoms with Gasteiger partial charge in [-0.1, -0.05) is 144 Å². The van der Waals surface area contributed by atoms with Crippen LogP contribution in [-0.4, -0.2) is 114 Å². The highest BCUT2D eigenvalue weighted by Crippen LogP contribution is 2.44. The predicted octanol–water partition coefficient (Wildman–Crippen LogP) is 4.29. The standard InChI is InChI=1S/C51H67N3O11Si/c1-32(2)44(54-49(62)63-30-39-37-25-17-15-23-35(37)36-24-16-18-26-38(36)39)47(60)53-40(48(61)65-50(3,4)5)27-28-43(57)52-29-41(55)45(58)46(59)42(56)31-64-66(51(6,7)8,33-19-11-9-12-20-33)34-21-13-10-14-22-34/h9-26,32,39-42,44-46,55-56,58-59H,27-31H2,1-8H3,(H,52,57)(H,53,60)(H,54,62). The lowest BCUT2D eigenvalue weighted by molar-refractivity contribution is -0.159. The van der Waals surface area contributed by atoms with Crippen LogP contribution in [0.25, 0.3) is 11.1 Å². The fourth-order valence-electron chi connectivity index (χ4n) is 8.41. The van der Waals surface area contributed by atoms with Crippen LogP contribution in [0.1, 0.15) is 85.3 Å². The minimum atomic E-state index is -3.10. The molecule has 66 heavy (non-hydrogen) atoms. The summed E-state index contributed by atoms with van der Waals surface area (Å²) in [5, 5.41) is 53.1. The van der Waals surface area contributed by atoms with E-state index < -0.39 is 91.8 Å². The van der Waals surface area contributed by atoms with Crippen LogP contribution in [0.15, 0.2) is 109 Å². The number of ether oxygens (including phenoxy) is 2. The normalized spacial score (nSPS) is 15.6. The lowest BCUT2D eigenvalue weighted by atomic mass is 9.98. The van der Waals surface area contributed by atoms with Crippen molar-refractivity contribution in [1.29, 1.82) is 0 Å². The van der Waals surface area contributed by atoms with Gasteiger partial charge in [-0.2, -0.15) is 0 Å². The summed E-state index contributed by atoms with van der Waals surface area (Å²) < 4.78 is 17.9. The van der Waals surface area contributed by atoms with Crippen molar-refractivity contribution in [3.8, 4) is 11.1 Å². The number of rotatable bonds is 20. The SMILES string of the molecule is CC(C)C(NC(=O)OCC1c2ccccc2-c2ccccc21)C(=O)NC(CCC(=O)NCC(O)C(O)C(O)C(O)CO[Si](c1ccccc1)(c1ccccc1)C(C)(C)C)C(=O)OC(C)(C)C. The Kier molecular flexibility index (Phi) is 17.5. The molecular formula is C51H67N3O11Si. The molecular weight excluding hydrogens is 859 g/mol. The van der Waals surface area contributed by atoms with E-state index >= 15 is 0 Å². The van der Waals surface area contributed by atoms with E-state index in [4.69, 9.17) is 13.9 Å². The molecule has 0 saturated carbocycles. The summed E-state index contributed by atoms with van der Waals surface area (Å²) in [6.07, 6.45) is -8.41. The molecule has 3 amide bonds. The minimum absolute atomic E-state index is 0.0324. The van der Waals surface area contributed by atoms with Crippen molar-refractivity contribution in [2.24, 2.45) is 5.92 Å². The van der Waals surface area contributed by atoms with Crippen molar-refractivity contribution < 1.29 is 53.5 Å². The number of hydrogen-bond acceptors (Lipinski definition) is 11. The number of esters is 1. The van der Waals surface area contributed by atoms with Gasteiger partial charge in [-0.3, -0.25) is 9.59 Å². The van der Waals surface area contributed by atoms with Crippen LogP contribution >= 0.6 is 0 Å². The Morgan fingerprint density at radius 1 is 0.682 bits per heavy atom. The molecule has 1 aliphatic carbocycles. The number of amides is 3. The first kappa shape index (κ1) is 51.6. The Morgan fingerprint density at radius 2 is 1.18 bits per heavy atom. The number of aliphatic hydroxyl groups is 4. The molecule has 0 spiro atoms. The smallest absolute Gasteiger partial charge is 0.407 e. The number of hydrogen-bond donors (Lipinski definition) is 7. The van der Waals surface area contributed by atoms with Gasteiger partial charge in [-0.15, -0.1) is 0 Å². The van der Waals surface area contributed by atoms with E-state index in [2.05, 4.69) is 36.7 Å². The van der Waals surface area contributed by atoms with Crippen LogP contribution in [0.2, 0.25) is 5.04 Å². The second kappa shape index (κ2) is 22.4. The molecule has 5 rings (SSSR count). The van der Waals surface area contributed by atoms with Crippen LogP contribution in [-0.2, 0) is 28.3 Å². The number of alkyl carbamates (subject to hydrolysis) is 1. The molecule has 0 aromatic heterocycles. The monoisotopic (exact) mass is 925 g/mol. The number of carbonyl (C=O) groups is 4. The van der Waals surface area contributed by atoms with Gasteiger partial charge in [-0.25, -0.2) is 9.59 Å². The Bertz CT molecular complexity index is 2160. The maximum atomic E-state index is 13.7. The molecule has 0 radical (unpaired) electrons. The summed E-state index contributed by atoms with van der Waals surface area (Å²) in [5.74, 6) is -2.78. The van der Waals surface area contributed by atoms with Gasteiger partial charge in [0.1, 0.15) is 42.6 Å². The molecule has 0 fully saturated rings. The van der Waals surface area contributed by atoms with E-state index in [0.717, 1.165) is 32.6 Å². The van der Waals surface area contributed by atoms with Crippen LogP contribution in [0.5, 0.6) is 0 Å². The first-order valence-electron chi connectivity index (χ1n) is 22.5. The highest BCUT2D eigenvalue weighted by atomic mass is 28.4. The largest absolute Gasteiger partial charge is 0.458 e. The van der Waals surface area contributed by atoms with Crippen LogP contribution in [0, 0.1) is 5.92 Å². The third-order valence-corrected chi connectivity index (χ3v) is 16.8. The molecule has 6 atom stereocenters. The topological polar surface area (TPSA) is 213 Å². The van der Waals surface area contributed by atoms with E-state index in [1.807, 2.05) is 109 Å². The Hall–Kier alpha value is -5.42. The van der Waals surface area contributed by atoms with Gasteiger partial charge in [0.25, 0.3) is 8.32 Å². The molecule has 15 heteroatoms. The van der Waals surface area contributed by atoms with Crippen LogP contribution < -0.4 is 26.3 Å². The van der Waals surface area contributed by atoms with Gasteiger partial charge in [0.2, 0.25) is 11.8 Å². The predicted molar refractivity (Wildman–Crippen MR) is 254 cm³/mol. The second-order valence-electron chi connectivity index (χ2n) is 19.2. The number of aliphatic hydroxyl groups excluding tert-OH is 4. The summed E-state index contributed by atoms with van der Waals surface area (Å²) in [5.41, 5.74) is 3.27. The number of fused-ring (bicyclic) bond motifs is 3. The highest BCUT2D eigenvalue weighted by Gasteiger charge is 2.51. The van der Waals surface area contributed by atoms with Crippen molar-refractivity contribution >= 4 is 42.6 Å². The zero-order valence-electron chi connectivity index (χ0n) is 39.2. The Morgan fingerprint density at radius 3 is 1.68 bits per heavy atom. The quantitative estimate of drug-likeness (QED) is 0.0491. The summed E-state index contributed by atoms with van der Waals surface area (Å²) in [4.78, 5) is 53.4.